The highest BCUT2D eigenvalue weighted by Gasteiger charge is 2.47. The number of rotatable bonds is 9. The van der Waals surface area contributed by atoms with Gasteiger partial charge in [-0.1, -0.05) is 19.8 Å². The molecule has 1 rings (SSSR count). The van der Waals surface area contributed by atoms with Gasteiger partial charge in [-0.3, -0.25) is 19.1 Å². The summed E-state index contributed by atoms with van der Waals surface area (Å²) in [6.45, 7) is 2.01. The number of esters is 1. The number of hydrogen-bond donors (Lipinski definition) is 0. The van der Waals surface area contributed by atoms with Crippen molar-refractivity contribution in [2.45, 2.75) is 41.5 Å². The van der Waals surface area contributed by atoms with Crippen LogP contribution in [0.25, 0.3) is 0 Å². The molecule has 0 aliphatic rings. The second-order valence-electron chi connectivity index (χ2n) is 5.25. The lowest BCUT2D eigenvalue weighted by Crippen LogP contribution is -2.23. The molecule has 0 saturated heterocycles. The molecule has 0 aliphatic carbocycles. The summed E-state index contributed by atoms with van der Waals surface area (Å²) in [5.41, 5.74) is -6.75. The van der Waals surface area contributed by atoms with Crippen molar-refractivity contribution in [2.75, 3.05) is 12.4 Å². The van der Waals surface area contributed by atoms with E-state index >= 15 is 0 Å². The number of sulfone groups is 1. The van der Waals surface area contributed by atoms with E-state index in [1.54, 1.807) is 0 Å². The first-order valence-electron chi connectivity index (χ1n) is 7.55. The molecule has 152 valence electrons. The highest BCUT2D eigenvalue weighted by molar-refractivity contribution is 7.92. The van der Waals surface area contributed by atoms with Gasteiger partial charge in [0.05, 0.1) is 27.2 Å². The van der Waals surface area contributed by atoms with Gasteiger partial charge in [-0.05, 0) is 18.6 Å². The van der Waals surface area contributed by atoms with Crippen molar-refractivity contribution in [3.63, 3.8) is 0 Å². The number of ether oxygens (including phenoxy) is 1. The molecular weight excluding hydrogens is 415 g/mol. The fourth-order valence-corrected chi connectivity index (χ4v) is 3.72. The van der Waals surface area contributed by atoms with Crippen LogP contribution in [0.1, 0.15) is 26.2 Å². The number of carbonyl (C=O) groups excluding carboxylic acids is 1. The summed E-state index contributed by atoms with van der Waals surface area (Å²) in [5.74, 6) is -1.65. The summed E-state index contributed by atoms with van der Waals surface area (Å²) in [5, 5.41) is 11.1. The number of nitro benzene ring substituents is 1. The van der Waals surface area contributed by atoms with Crippen molar-refractivity contribution in [1.82, 2.24) is 0 Å². The summed E-state index contributed by atoms with van der Waals surface area (Å²) in [7, 11) is -8.11. The van der Waals surface area contributed by atoms with Gasteiger partial charge < -0.3 is 4.74 Å². The molecule has 0 bridgehead atoms. The molecule has 0 amide bonds. The Morgan fingerprint density at radius 1 is 1.30 bits per heavy atom. The van der Waals surface area contributed by atoms with Gasteiger partial charge in [-0.15, -0.1) is 0 Å². The van der Waals surface area contributed by atoms with E-state index in [-0.39, 0.29) is 12.7 Å². The molecule has 1 atom stereocenters. The maximum atomic E-state index is 12.6. The lowest BCUT2D eigenvalue weighted by Gasteiger charge is -2.09. The maximum Gasteiger partial charge on any atom is 0.501 e. The summed E-state index contributed by atoms with van der Waals surface area (Å²) in [6, 6.07) is 1.25. The Balaban J connectivity index is 3.07. The quantitative estimate of drug-likeness (QED) is 0.255. The van der Waals surface area contributed by atoms with Crippen LogP contribution < -0.4 is 0 Å². The monoisotopic (exact) mass is 431 g/mol. The molecule has 8 nitrogen and oxygen atoms in total. The van der Waals surface area contributed by atoms with Crippen molar-refractivity contribution < 1.29 is 40.3 Å². The van der Waals surface area contributed by atoms with Crippen molar-refractivity contribution in [2.24, 2.45) is 0 Å². The summed E-state index contributed by atoms with van der Waals surface area (Å²) < 4.78 is 77.4. The van der Waals surface area contributed by atoms with Crippen LogP contribution >= 0.6 is 0 Å². The lowest BCUT2D eigenvalue weighted by molar-refractivity contribution is -0.388. The van der Waals surface area contributed by atoms with Gasteiger partial charge in [0, 0.05) is 6.07 Å². The van der Waals surface area contributed by atoms with Gasteiger partial charge in [0.1, 0.15) is 10.6 Å². The number of unbranched alkanes of at least 4 members (excludes halogenated alkanes) is 2. The predicted molar refractivity (Wildman–Crippen MR) is 88.1 cm³/mol. The van der Waals surface area contributed by atoms with Crippen LogP contribution in [0.2, 0.25) is 0 Å². The second kappa shape index (κ2) is 9.26. The first-order valence-corrected chi connectivity index (χ1v) is 10.4. The molecule has 0 aliphatic heterocycles. The van der Waals surface area contributed by atoms with Gasteiger partial charge in [0.25, 0.3) is 15.5 Å². The fraction of sp³-hybridized carbons (Fsp3) is 0.500. The van der Waals surface area contributed by atoms with Crippen molar-refractivity contribution in [3.05, 3.63) is 28.3 Å². The molecule has 0 fully saturated rings. The van der Waals surface area contributed by atoms with E-state index in [1.807, 2.05) is 6.92 Å². The van der Waals surface area contributed by atoms with Crippen LogP contribution in [0.5, 0.6) is 0 Å². The number of halogens is 3. The standard InChI is InChI=1S/C14H16F3NO7S2/c1-2-3-4-7-25-13(19)9-26(22)12-6-5-10(8-11(12)18(20)21)27(23,24)14(15,16)17/h5-6,8H,2-4,7,9H2,1H3. The first kappa shape index (κ1) is 23.0. The highest BCUT2D eigenvalue weighted by atomic mass is 32.2. The van der Waals surface area contributed by atoms with Gasteiger partial charge in [-0.25, -0.2) is 8.42 Å². The van der Waals surface area contributed by atoms with Crippen LogP contribution in [0.4, 0.5) is 18.9 Å². The topological polar surface area (TPSA) is 121 Å². The van der Waals surface area contributed by atoms with E-state index in [9.17, 15) is 40.7 Å². The summed E-state index contributed by atoms with van der Waals surface area (Å²) in [4.78, 5) is 19.6. The fourth-order valence-electron chi connectivity index (χ4n) is 1.90. The summed E-state index contributed by atoms with van der Waals surface area (Å²) in [6.07, 6.45) is 2.26. The van der Waals surface area contributed by atoms with Crippen molar-refractivity contribution >= 4 is 32.3 Å². The van der Waals surface area contributed by atoms with Crippen LogP contribution in [0.3, 0.4) is 0 Å². The SMILES string of the molecule is CCCCCOC(=O)CS(=O)c1ccc(S(=O)(=O)C(F)(F)F)cc1[N+](=O)[O-]. The third-order valence-corrected chi connectivity index (χ3v) is 6.06. The minimum absolute atomic E-state index is 0.0781. The van der Waals surface area contributed by atoms with Gasteiger partial charge in [0.2, 0.25) is 0 Å². The maximum absolute atomic E-state index is 12.6. The highest BCUT2D eigenvalue weighted by Crippen LogP contribution is 2.34. The van der Waals surface area contributed by atoms with E-state index in [2.05, 4.69) is 0 Å². The zero-order valence-corrected chi connectivity index (χ0v) is 15.7. The van der Waals surface area contributed by atoms with E-state index in [0.29, 0.717) is 18.6 Å². The number of nitrogens with zero attached hydrogens (tertiary/aromatic N) is 1. The third-order valence-electron chi connectivity index (χ3n) is 3.25. The Morgan fingerprint density at radius 3 is 2.44 bits per heavy atom. The van der Waals surface area contributed by atoms with Crippen LogP contribution in [0.15, 0.2) is 28.0 Å². The lowest BCUT2D eigenvalue weighted by atomic mass is 10.3. The van der Waals surface area contributed by atoms with Crippen molar-refractivity contribution in [3.8, 4) is 0 Å². The molecule has 0 N–H and O–H groups in total. The molecule has 0 radical (unpaired) electrons. The third kappa shape index (κ3) is 5.99. The minimum atomic E-state index is -5.81. The molecule has 0 spiro atoms. The number of nitro groups is 1. The Labute approximate surface area is 155 Å². The van der Waals surface area contributed by atoms with Crippen LogP contribution in [0, 0.1) is 10.1 Å². The zero-order chi connectivity index (χ0) is 20.8. The zero-order valence-electron chi connectivity index (χ0n) is 14.0. The van der Waals surface area contributed by atoms with Gasteiger partial charge in [0.15, 0.2) is 0 Å². The van der Waals surface area contributed by atoms with E-state index < -0.39 is 58.3 Å². The van der Waals surface area contributed by atoms with Gasteiger partial charge >= 0.3 is 11.5 Å². The average Bonchev–Trinajstić information content (AvgIpc) is 2.57. The second-order valence-corrected chi connectivity index (χ2v) is 8.61. The molecule has 0 aromatic heterocycles. The number of alkyl halides is 3. The molecule has 1 unspecified atom stereocenters. The van der Waals surface area contributed by atoms with Crippen molar-refractivity contribution in [1.29, 1.82) is 0 Å². The van der Waals surface area contributed by atoms with E-state index in [1.165, 1.54) is 0 Å². The molecule has 1 aromatic rings. The molecule has 0 saturated carbocycles. The molecule has 27 heavy (non-hydrogen) atoms. The smallest absolute Gasteiger partial charge is 0.465 e. The number of benzene rings is 1. The summed E-state index contributed by atoms with van der Waals surface area (Å²) >= 11 is 0. The number of carbonyl (C=O) groups is 1. The number of hydrogen-bond acceptors (Lipinski definition) is 7. The van der Waals surface area contributed by atoms with E-state index in [4.69, 9.17) is 4.74 Å². The molecule has 13 heteroatoms. The van der Waals surface area contributed by atoms with Crippen LogP contribution in [-0.4, -0.2) is 41.4 Å². The normalized spacial score (nSPS) is 13.2. The average molecular weight is 431 g/mol. The first-order chi connectivity index (χ1) is 12.4. The van der Waals surface area contributed by atoms with Crippen LogP contribution in [-0.2, 0) is 30.2 Å². The van der Waals surface area contributed by atoms with E-state index in [0.717, 1.165) is 12.8 Å². The Hall–Kier alpha value is -2.02. The Morgan fingerprint density at radius 2 is 1.93 bits per heavy atom. The predicted octanol–water partition coefficient (Wildman–Crippen LogP) is 2.73. The molecule has 1 aromatic carbocycles. The Bertz CT molecular complexity index is 838. The largest absolute Gasteiger partial charge is 0.501 e. The minimum Gasteiger partial charge on any atom is -0.465 e. The van der Waals surface area contributed by atoms with Gasteiger partial charge in [-0.2, -0.15) is 13.2 Å². The Kier molecular flexibility index (Phi) is 7.90. The molecule has 0 heterocycles. The molecular formula is C14H16F3NO7S2.